The van der Waals surface area contributed by atoms with Gasteiger partial charge in [0.15, 0.2) is 0 Å². The maximum atomic E-state index is 11.0. The van der Waals surface area contributed by atoms with Crippen LogP contribution in [0.3, 0.4) is 0 Å². The fourth-order valence-electron chi connectivity index (χ4n) is 1.31. The summed E-state index contributed by atoms with van der Waals surface area (Å²) >= 11 is 0. The molecule has 0 amide bonds. The highest BCUT2D eigenvalue weighted by Gasteiger charge is 2.12. The Morgan fingerprint density at radius 3 is 3.15 bits per heavy atom. The summed E-state index contributed by atoms with van der Waals surface area (Å²) in [6.45, 7) is 0.533. The Morgan fingerprint density at radius 2 is 2.38 bits per heavy atom. The molecule has 1 heterocycles. The van der Waals surface area contributed by atoms with Gasteiger partial charge in [-0.3, -0.25) is 4.63 Å². The number of fused-ring (bicyclic) bond motifs is 1. The molecule has 13 heavy (non-hydrogen) atoms. The highest BCUT2D eigenvalue weighted by molar-refractivity contribution is 5.74. The molecule has 2 aromatic rings. The molecule has 0 saturated heterocycles. The van der Waals surface area contributed by atoms with Crippen molar-refractivity contribution in [3.8, 4) is 0 Å². The van der Waals surface area contributed by atoms with E-state index in [1.165, 1.54) is 0 Å². The summed E-state index contributed by atoms with van der Waals surface area (Å²) in [6.07, 6.45) is 0.698. The summed E-state index contributed by atoms with van der Waals surface area (Å²) in [5.41, 5.74) is 7.41. The molecule has 0 aliphatic rings. The topological polar surface area (TPSA) is 79.0 Å². The zero-order valence-electron chi connectivity index (χ0n) is 6.93. The molecule has 5 heteroatoms. The summed E-state index contributed by atoms with van der Waals surface area (Å²) < 4.78 is 4.47. The van der Waals surface area contributed by atoms with Gasteiger partial charge < -0.3 is 10.9 Å². The van der Waals surface area contributed by atoms with Gasteiger partial charge in [-0.05, 0) is 23.9 Å². The van der Waals surface area contributed by atoms with Gasteiger partial charge in [0, 0.05) is 10.7 Å². The average Bonchev–Trinajstić information content (AvgIpc) is 2.50. The third-order valence-electron chi connectivity index (χ3n) is 1.91. The van der Waals surface area contributed by atoms with Crippen molar-refractivity contribution >= 4 is 11.0 Å². The molecule has 0 radical (unpaired) electrons. The van der Waals surface area contributed by atoms with E-state index in [9.17, 15) is 5.21 Å². The highest BCUT2D eigenvalue weighted by atomic mass is 16.8. The lowest BCUT2D eigenvalue weighted by molar-refractivity contribution is -0.782. The van der Waals surface area contributed by atoms with Gasteiger partial charge in [0.25, 0.3) is 5.52 Å². The van der Waals surface area contributed by atoms with E-state index in [1.807, 2.05) is 6.07 Å². The lowest BCUT2D eigenvalue weighted by Crippen LogP contribution is -2.22. The molecule has 0 spiro atoms. The van der Waals surface area contributed by atoms with Crippen LogP contribution in [0.5, 0.6) is 0 Å². The molecular weight excluding hydrogens is 170 g/mol. The fourth-order valence-corrected chi connectivity index (χ4v) is 1.31. The normalized spacial score (nSPS) is 10.8. The molecule has 1 aromatic heterocycles. The zero-order valence-corrected chi connectivity index (χ0v) is 6.93. The van der Waals surface area contributed by atoms with Crippen molar-refractivity contribution in [1.29, 1.82) is 0 Å². The van der Waals surface area contributed by atoms with E-state index in [1.54, 1.807) is 12.1 Å². The molecule has 0 aliphatic heterocycles. The number of aromatic nitrogens is 2. The number of benzene rings is 1. The SMILES string of the molecule is NCCc1cccc2c1no[n+]2[O-]. The van der Waals surface area contributed by atoms with Crippen LogP contribution in [0.25, 0.3) is 11.0 Å². The van der Waals surface area contributed by atoms with Crippen LogP contribution in [0.15, 0.2) is 22.8 Å². The first-order chi connectivity index (χ1) is 6.33. The third-order valence-corrected chi connectivity index (χ3v) is 1.91. The lowest BCUT2D eigenvalue weighted by atomic mass is 10.1. The van der Waals surface area contributed by atoms with Gasteiger partial charge in [0.2, 0.25) is 5.52 Å². The second-order valence-electron chi connectivity index (χ2n) is 2.75. The number of nitrogens with two attached hydrogens (primary N) is 1. The summed E-state index contributed by atoms with van der Waals surface area (Å²) in [6, 6.07) is 5.34. The largest absolute Gasteiger partial charge is 0.359 e. The predicted molar refractivity (Wildman–Crippen MR) is 45.7 cm³/mol. The van der Waals surface area contributed by atoms with Gasteiger partial charge in [-0.2, -0.15) is 0 Å². The lowest BCUT2D eigenvalue weighted by Gasteiger charge is -1.94. The van der Waals surface area contributed by atoms with Crippen LogP contribution in [0.1, 0.15) is 5.56 Å². The first kappa shape index (κ1) is 8.00. The van der Waals surface area contributed by atoms with Crippen LogP contribution < -0.4 is 10.6 Å². The zero-order chi connectivity index (χ0) is 9.26. The average molecular weight is 179 g/mol. The van der Waals surface area contributed by atoms with Crippen molar-refractivity contribution in [1.82, 2.24) is 5.16 Å². The minimum Gasteiger partial charge on any atom is -0.359 e. The van der Waals surface area contributed by atoms with E-state index in [-0.39, 0.29) is 0 Å². The van der Waals surface area contributed by atoms with Gasteiger partial charge in [-0.15, -0.1) is 0 Å². The molecule has 0 aliphatic carbocycles. The summed E-state index contributed by atoms with van der Waals surface area (Å²) in [4.78, 5) is 0.398. The number of hydrogen-bond donors (Lipinski definition) is 1. The Hall–Kier alpha value is -1.62. The van der Waals surface area contributed by atoms with E-state index in [0.29, 0.717) is 28.9 Å². The number of rotatable bonds is 2. The summed E-state index contributed by atoms with van der Waals surface area (Å²) in [5, 5.41) is 14.6. The summed E-state index contributed by atoms with van der Waals surface area (Å²) in [7, 11) is 0. The summed E-state index contributed by atoms with van der Waals surface area (Å²) in [5.74, 6) is 0. The maximum Gasteiger partial charge on any atom is 0.251 e. The van der Waals surface area contributed by atoms with Crippen LogP contribution in [0, 0.1) is 5.21 Å². The second kappa shape index (κ2) is 3.02. The fraction of sp³-hybridized carbons (Fsp3) is 0.250. The van der Waals surface area contributed by atoms with Crippen molar-refractivity contribution in [2.45, 2.75) is 6.42 Å². The van der Waals surface area contributed by atoms with E-state index >= 15 is 0 Å². The van der Waals surface area contributed by atoms with Crippen molar-refractivity contribution in [3.63, 3.8) is 0 Å². The van der Waals surface area contributed by atoms with E-state index in [0.717, 1.165) is 5.56 Å². The first-order valence-electron chi connectivity index (χ1n) is 4.00. The van der Waals surface area contributed by atoms with E-state index in [4.69, 9.17) is 5.73 Å². The van der Waals surface area contributed by atoms with E-state index < -0.39 is 0 Å². The predicted octanol–water partition coefficient (Wildman–Crippen LogP) is -0.0376. The Labute approximate surface area is 74.3 Å². The monoisotopic (exact) mass is 179 g/mol. The van der Waals surface area contributed by atoms with Crippen LogP contribution >= 0.6 is 0 Å². The maximum absolute atomic E-state index is 11.0. The molecule has 2 N–H and O–H groups in total. The highest BCUT2D eigenvalue weighted by Crippen LogP contribution is 2.13. The second-order valence-corrected chi connectivity index (χ2v) is 2.75. The van der Waals surface area contributed by atoms with Crippen LogP contribution in [-0.4, -0.2) is 11.7 Å². The Kier molecular flexibility index (Phi) is 1.86. The molecule has 2 rings (SSSR count). The van der Waals surface area contributed by atoms with Crippen molar-refractivity contribution in [2.24, 2.45) is 5.73 Å². The minimum atomic E-state index is 0.398. The van der Waals surface area contributed by atoms with Gasteiger partial charge >= 0.3 is 0 Å². The van der Waals surface area contributed by atoms with Crippen LogP contribution in [-0.2, 0) is 6.42 Å². The molecule has 5 nitrogen and oxygen atoms in total. The van der Waals surface area contributed by atoms with Crippen LogP contribution in [0.2, 0.25) is 0 Å². The number of hydrogen-bond acceptors (Lipinski definition) is 4. The molecule has 0 bridgehead atoms. The van der Waals surface area contributed by atoms with E-state index in [2.05, 4.69) is 9.79 Å². The molecule has 0 unspecified atom stereocenters. The molecule has 1 aromatic carbocycles. The van der Waals surface area contributed by atoms with Gasteiger partial charge in [-0.25, -0.2) is 0 Å². The Balaban J connectivity index is 2.63. The Bertz CT molecular complexity index is 424. The molecular formula is C8H9N3O2. The number of nitrogens with zero attached hydrogens (tertiary/aromatic N) is 2. The van der Waals surface area contributed by atoms with Gasteiger partial charge in [-0.1, -0.05) is 12.1 Å². The third kappa shape index (κ3) is 1.23. The smallest absolute Gasteiger partial charge is 0.251 e. The molecule has 0 saturated carbocycles. The van der Waals surface area contributed by atoms with Gasteiger partial charge in [0.1, 0.15) is 0 Å². The first-order valence-corrected chi connectivity index (χ1v) is 4.00. The quantitative estimate of drug-likeness (QED) is 0.656. The van der Waals surface area contributed by atoms with Crippen molar-refractivity contribution in [2.75, 3.05) is 6.54 Å². The molecule has 0 fully saturated rings. The van der Waals surface area contributed by atoms with Crippen molar-refractivity contribution < 1.29 is 9.53 Å². The van der Waals surface area contributed by atoms with Crippen molar-refractivity contribution in [3.05, 3.63) is 29.0 Å². The molecule has 68 valence electrons. The van der Waals surface area contributed by atoms with Crippen LogP contribution in [0.4, 0.5) is 0 Å². The van der Waals surface area contributed by atoms with Gasteiger partial charge in [0.05, 0.1) is 0 Å². The standard InChI is InChI=1S/C8H9N3O2/c9-5-4-6-2-1-3-7-8(6)10-13-11(7)12/h1-3H,4-5,9H2. The molecule has 0 atom stereocenters. The minimum absolute atomic E-state index is 0.398. The Morgan fingerprint density at radius 1 is 1.54 bits per heavy atom.